The van der Waals surface area contributed by atoms with E-state index in [1.807, 2.05) is 41.5 Å². The van der Waals surface area contributed by atoms with Gasteiger partial charge in [0.2, 0.25) is 0 Å². The van der Waals surface area contributed by atoms with Gasteiger partial charge >= 0.3 is 0 Å². The van der Waals surface area contributed by atoms with E-state index in [4.69, 9.17) is 29.2 Å². The first-order valence-corrected chi connectivity index (χ1v) is 10.0. The van der Waals surface area contributed by atoms with Crippen LogP contribution in [0.4, 0.5) is 0 Å². The summed E-state index contributed by atoms with van der Waals surface area (Å²) in [5.74, 6) is 0. The summed E-state index contributed by atoms with van der Waals surface area (Å²) in [6.07, 6.45) is 1.25. The van der Waals surface area contributed by atoms with Gasteiger partial charge in [0.25, 0.3) is 0 Å². The summed E-state index contributed by atoms with van der Waals surface area (Å²) in [6, 6.07) is 0. The molecule has 0 spiro atoms. The Labute approximate surface area is 203 Å². The van der Waals surface area contributed by atoms with E-state index in [-0.39, 0.29) is 52.0 Å². The molecule has 0 heterocycles. The van der Waals surface area contributed by atoms with E-state index in [1.165, 1.54) is 6.42 Å². The van der Waals surface area contributed by atoms with Gasteiger partial charge in [-0.05, 0) is 55.4 Å². The normalized spacial score (nSPS) is 7.03. The summed E-state index contributed by atoms with van der Waals surface area (Å²) in [7, 11) is 0. The molecule has 0 aliphatic rings. The Morgan fingerprint density at radius 1 is 0.448 bits per heavy atom. The van der Waals surface area contributed by atoms with Crippen molar-refractivity contribution in [3.05, 3.63) is 0 Å². The summed E-state index contributed by atoms with van der Waals surface area (Å²) >= 11 is 0. The van der Waals surface area contributed by atoms with Gasteiger partial charge in [0.1, 0.15) is 6.79 Å². The highest BCUT2D eigenvalue weighted by Crippen LogP contribution is 1.74. The fourth-order valence-electron chi connectivity index (χ4n) is 0.634. The van der Waals surface area contributed by atoms with Crippen molar-refractivity contribution in [3.63, 3.8) is 0 Å². The van der Waals surface area contributed by atoms with Crippen molar-refractivity contribution in [2.75, 3.05) is 59.6 Å². The van der Waals surface area contributed by atoms with Crippen LogP contribution in [0.15, 0.2) is 0 Å². The fraction of sp³-hybridized carbons (Fsp3) is 1.00. The zero-order chi connectivity index (χ0) is 21.9. The van der Waals surface area contributed by atoms with E-state index in [1.54, 1.807) is 13.8 Å². The lowest BCUT2D eigenvalue weighted by molar-refractivity contribution is -0.0445. The van der Waals surface area contributed by atoms with Crippen LogP contribution < -0.4 is 0 Å². The maximum Gasteiger partial charge on any atom is 0.146 e. The zero-order valence-corrected chi connectivity index (χ0v) is 22.3. The molecule has 2 N–H and O–H groups in total. The monoisotopic (exact) mass is 548 g/mol. The standard InChI is InChI=1S/C5H12O2.2C4H10O.C3H8.2C2H6O.2CH4.HI/c1-3-6-5-7-4-2;2*1-3-5-4-2;1-3-2;2*1-2-3;;;/h3-5H2,1-2H3;2*3-4H2,1-2H3;3H2,1-2H3;2*3H,2H2,1H3;2*1H4;1H. The van der Waals surface area contributed by atoms with Crippen LogP contribution >= 0.6 is 24.0 Å². The first-order valence-electron chi connectivity index (χ1n) is 10.0. The SMILES string of the molecule is C.C.CCC.CCO.CCO.CCOCC.CCOCC.CCOCOCC.I. The lowest BCUT2D eigenvalue weighted by atomic mass is 10.6. The number of halogens is 1. The van der Waals surface area contributed by atoms with Crippen molar-refractivity contribution in [2.45, 2.75) is 90.5 Å². The summed E-state index contributed by atoms with van der Waals surface area (Å²) in [6.45, 7) is 25.2. The van der Waals surface area contributed by atoms with Gasteiger partial charge in [-0.3, -0.25) is 0 Å². The van der Waals surface area contributed by atoms with Crippen molar-refractivity contribution in [1.29, 1.82) is 0 Å². The van der Waals surface area contributed by atoms with Crippen molar-refractivity contribution in [1.82, 2.24) is 0 Å². The molecule has 0 unspecified atom stereocenters. The Bertz CT molecular complexity index is 115. The molecule has 0 saturated heterocycles. The summed E-state index contributed by atoms with van der Waals surface area (Å²) < 4.78 is 19.4. The molecule has 0 amide bonds. The summed E-state index contributed by atoms with van der Waals surface area (Å²) in [5, 5.41) is 15.1. The van der Waals surface area contributed by atoms with Gasteiger partial charge in [0.15, 0.2) is 0 Å². The van der Waals surface area contributed by atoms with E-state index in [9.17, 15) is 0 Å². The molecule has 0 fully saturated rings. The molecule has 0 atom stereocenters. The van der Waals surface area contributed by atoms with Gasteiger partial charge in [-0.15, -0.1) is 24.0 Å². The first-order chi connectivity index (χ1) is 12.5. The predicted molar refractivity (Wildman–Crippen MR) is 143 cm³/mol. The average molecular weight is 549 g/mol. The largest absolute Gasteiger partial charge is 0.397 e. The number of hydrogen-bond donors (Lipinski definition) is 2. The highest BCUT2D eigenvalue weighted by Gasteiger charge is 1.76. The lowest BCUT2D eigenvalue weighted by Gasteiger charge is -1.97. The van der Waals surface area contributed by atoms with E-state index in [2.05, 4.69) is 13.8 Å². The van der Waals surface area contributed by atoms with Gasteiger partial charge in [0.05, 0.1) is 0 Å². The molecule has 0 aliphatic carbocycles. The maximum atomic E-state index is 7.57. The molecular weight excluding hydrogens is 487 g/mol. The number of aliphatic hydroxyl groups is 2. The topological polar surface area (TPSA) is 77.4 Å². The molecule has 0 aliphatic heterocycles. The second-order valence-corrected chi connectivity index (χ2v) is 4.01. The van der Waals surface area contributed by atoms with Crippen LogP contribution in [-0.4, -0.2) is 69.9 Å². The fourth-order valence-corrected chi connectivity index (χ4v) is 0.634. The molecule has 0 rings (SSSR count). The molecule has 7 heteroatoms. The minimum atomic E-state index is 0. The van der Waals surface area contributed by atoms with Gasteiger partial charge < -0.3 is 29.2 Å². The van der Waals surface area contributed by atoms with E-state index < -0.39 is 0 Å². The summed E-state index contributed by atoms with van der Waals surface area (Å²) in [5.41, 5.74) is 0. The van der Waals surface area contributed by atoms with Crippen LogP contribution in [0.5, 0.6) is 0 Å². The number of rotatable bonds is 8. The average Bonchev–Trinajstić information content (AvgIpc) is 2.60. The third kappa shape index (κ3) is 277. The molecule has 29 heavy (non-hydrogen) atoms. The van der Waals surface area contributed by atoms with E-state index in [0.717, 1.165) is 39.6 Å². The van der Waals surface area contributed by atoms with Crippen molar-refractivity contribution < 1.29 is 29.2 Å². The van der Waals surface area contributed by atoms with Crippen LogP contribution in [0.3, 0.4) is 0 Å². The Morgan fingerprint density at radius 3 is 0.655 bits per heavy atom. The second kappa shape index (κ2) is 103. The Balaban J connectivity index is -0.0000000239. The van der Waals surface area contributed by atoms with Gasteiger partial charge in [-0.25, -0.2) is 0 Å². The van der Waals surface area contributed by atoms with Crippen LogP contribution in [-0.2, 0) is 18.9 Å². The molecule has 0 radical (unpaired) electrons. The van der Waals surface area contributed by atoms with E-state index >= 15 is 0 Å². The Hall–Kier alpha value is 0.490. The first kappa shape index (κ1) is 57.0. The molecule has 0 saturated carbocycles. The van der Waals surface area contributed by atoms with Crippen LogP contribution in [0.25, 0.3) is 0 Å². The zero-order valence-electron chi connectivity index (χ0n) is 20.0. The number of aliphatic hydroxyl groups excluding tert-OH is 2. The van der Waals surface area contributed by atoms with E-state index in [0.29, 0.717) is 6.79 Å². The van der Waals surface area contributed by atoms with Crippen molar-refractivity contribution >= 4 is 24.0 Å². The smallest absolute Gasteiger partial charge is 0.146 e. The molecule has 0 bridgehead atoms. The van der Waals surface area contributed by atoms with Crippen molar-refractivity contribution in [2.24, 2.45) is 0 Å². The van der Waals surface area contributed by atoms with Crippen LogP contribution in [0.2, 0.25) is 0 Å². The third-order valence-electron chi connectivity index (χ3n) is 1.39. The lowest BCUT2D eigenvalue weighted by Crippen LogP contribution is -1.97. The highest BCUT2D eigenvalue weighted by molar-refractivity contribution is 14.0. The van der Waals surface area contributed by atoms with Gasteiger partial charge in [0, 0.05) is 52.9 Å². The quantitative estimate of drug-likeness (QED) is 0.208. The molecule has 0 aromatic rings. The molecular formula is C22H61IO6. The molecule has 0 aromatic carbocycles. The van der Waals surface area contributed by atoms with Crippen LogP contribution in [0, 0.1) is 0 Å². The summed E-state index contributed by atoms with van der Waals surface area (Å²) in [4.78, 5) is 0. The Morgan fingerprint density at radius 2 is 0.586 bits per heavy atom. The van der Waals surface area contributed by atoms with Crippen LogP contribution in [0.1, 0.15) is 90.5 Å². The minimum Gasteiger partial charge on any atom is -0.397 e. The highest BCUT2D eigenvalue weighted by atomic mass is 127. The van der Waals surface area contributed by atoms with Crippen molar-refractivity contribution in [3.8, 4) is 0 Å². The second-order valence-electron chi connectivity index (χ2n) is 4.01. The Kier molecular flexibility index (Phi) is 202. The number of ether oxygens (including phenoxy) is 4. The van der Waals surface area contributed by atoms with Gasteiger partial charge in [-0.1, -0.05) is 35.1 Å². The molecule has 192 valence electrons. The molecule has 6 nitrogen and oxygen atoms in total. The minimum absolute atomic E-state index is 0. The number of hydrogen-bond acceptors (Lipinski definition) is 6. The predicted octanol–water partition coefficient (Wildman–Crippen LogP) is 6.41. The third-order valence-corrected chi connectivity index (χ3v) is 1.39. The maximum absolute atomic E-state index is 7.57. The van der Waals surface area contributed by atoms with Gasteiger partial charge in [-0.2, -0.15) is 0 Å². The molecule has 0 aromatic heterocycles.